The van der Waals surface area contributed by atoms with E-state index in [1.54, 1.807) is 4.68 Å². The van der Waals surface area contributed by atoms with Crippen molar-refractivity contribution in [3.8, 4) is 11.4 Å². The van der Waals surface area contributed by atoms with Gasteiger partial charge in [-0.25, -0.2) is 4.39 Å². The zero-order valence-electron chi connectivity index (χ0n) is 13.5. The van der Waals surface area contributed by atoms with Crippen LogP contribution in [0, 0.1) is 12.7 Å². The second-order valence-corrected chi connectivity index (χ2v) is 6.43. The van der Waals surface area contributed by atoms with Crippen LogP contribution < -0.4 is 4.74 Å². The van der Waals surface area contributed by atoms with Crippen molar-refractivity contribution in [2.45, 2.75) is 18.2 Å². The van der Waals surface area contributed by atoms with Gasteiger partial charge in [0.2, 0.25) is 5.16 Å². The van der Waals surface area contributed by atoms with Crippen LogP contribution >= 0.6 is 11.8 Å². The molecular formula is C17H17FN4O2S. The molecule has 1 aromatic heterocycles. The Labute approximate surface area is 148 Å². The monoisotopic (exact) mass is 360 g/mol. The number of aliphatic hydroxyl groups is 1. The van der Waals surface area contributed by atoms with E-state index in [4.69, 9.17) is 4.74 Å². The fourth-order valence-corrected chi connectivity index (χ4v) is 2.86. The van der Waals surface area contributed by atoms with Crippen LogP contribution in [-0.2, 0) is 0 Å². The molecule has 130 valence electrons. The number of aryl methyl sites for hydroxylation is 1. The number of rotatable bonds is 7. The second kappa shape index (κ2) is 8.09. The summed E-state index contributed by atoms with van der Waals surface area (Å²) in [6, 6.07) is 13.5. The van der Waals surface area contributed by atoms with Gasteiger partial charge < -0.3 is 9.84 Å². The first kappa shape index (κ1) is 17.4. The normalized spacial score (nSPS) is 12.1. The average Bonchev–Trinajstić information content (AvgIpc) is 3.09. The highest BCUT2D eigenvalue weighted by atomic mass is 32.2. The van der Waals surface area contributed by atoms with Crippen LogP contribution in [0.15, 0.2) is 53.7 Å². The highest BCUT2D eigenvalue weighted by Crippen LogP contribution is 2.20. The molecule has 2 aromatic carbocycles. The number of thioether (sulfide) groups is 1. The van der Waals surface area contributed by atoms with E-state index in [-0.39, 0.29) is 12.4 Å². The van der Waals surface area contributed by atoms with Gasteiger partial charge in [0.25, 0.3) is 0 Å². The van der Waals surface area contributed by atoms with Crippen molar-refractivity contribution < 1.29 is 14.2 Å². The highest BCUT2D eigenvalue weighted by molar-refractivity contribution is 7.99. The second-order valence-electron chi connectivity index (χ2n) is 5.44. The quantitative estimate of drug-likeness (QED) is 0.653. The third-order valence-electron chi connectivity index (χ3n) is 3.38. The number of aromatic nitrogens is 4. The minimum Gasteiger partial charge on any atom is -0.491 e. The van der Waals surface area contributed by atoms with E-state index in [0.29, 0.717) is 16.7 Å². The lowest BCUT2D eigenvalue weighted by Gasteiger charge is -2.12. The van der Waals surface area contributed by atoms with Crippen LogP contribution in [0.5, 0.6) is 5.75 Å². The number of halogens is 1. The number of tetrazole rings is 1. The summed E-state index contributed by atoms with van der Waals surface area (Å²) in [5.74, 6) is 0.550. The molecule has 0 bridgehead atoms. The molecule has 1 atom stereocenters. The van der Waals surface area contributed by atoms with E-state index in [1.807, 2.05) is 31.2 Å². The van der Waals surface area contributed by atoms with Gasteiger partial charge in [0.05, 0.1) is 11.8 Å². The van der Waals surface area contributed by atoms with Crippen molar-refractivity contribution in [1.29, 1.82) is 0 Å². The van der Waals surface area contributed by atoms with E-state index < -0.39 is 6.10 Å². The van der Waals surface area contributed by atoms with Gasteiger partial charge in [0.15, 0.2) is 0 Å². The fourth-order valence-electron chi connectivity index (χ4n) is 2.06. The van der Waals surface area contributed by atoms with Crippen LogP contribution in [-0.4, -0.2) is 43.8 Å². The summed E-state index contributed by atoms with van der Waals surface area (Å²) in [6.45, 7) is 2.11. The molecular weight excluding hydrogens is 343 g/mol. The lowest BCUT2D eigenvalue weighted by molar-refractivity contribution is 0.126. The number of ether oxygens (including phenoxy) is 1. The molecule has 6 nitrogen and oxygen atoms in total. The third kappa shape index (κ3) is 4.77. The Kier molecular flexibility index (Phi) is 5.62. The Morgan fingerprint density at radius 1 is 1.16 bits per heavy atom. The van der Waals surface area contributed by atoms with Gasteiger partial charge >= 0.3 is 0 Å². The molecule has 0 aliphatic rings. The Balaban J connectivity index is 1.54. The summed E-state index contributed by atoms with van der Waals surface area (Å²) in [6.07, 6.45) is -0.710. The SMILES string of the molecule is Cc1ccc(-n2nnnc2SCC(O)COc2ccc(F)cc2)cc1. The van der Waals surface area contributed by atoms with Crippen molar-refractivity contribution in [2.24, 2.45) is 0 Å². The fraction of sp³-hybridized carbons (Fsp3) is 0.235. The summed E-state index contributed by atoms with van der Waals surface area (Å²) in [5, 5.41) is 22.3. The molecule has 0 spiro atoms. The summed E-state index contributed by atoms with van der Waals surface area (Å²) >= 11 is 1.34. The maximum absolute atomic E-state index is 12.8. The molecule has 8 heteroatoms. The Morgan fingerprint density at radius 3 is 2.60 bits per heavy atom. The Bertz CT molecular complexity index is 808. The zero-order valence-corrected chi connectivity index (χ0v) is 14.4. The van der Waals surface area contributed by atoms with Crippen molar-refractivity contribution in [2.75, 3.05) is 12.4 Å². The summed E-state index contributed by atoms with van der Waals surface area (Å²) in [5.41, 5.74) is 2.01. The van der Waals surface area contributed by atoms with Crippen molar-refractivity contribution in [1.82, 2.24) is 20.2 Å². The Morgan fingerprint density at radius 2 is 1.88 bits per heavy atom. The number of nitrogens with zero attached hydrogens (tertiary/aromatic N) is 4. The van der Waals surface area contributed by atoms with E-state index in [2.05, 4.69) is 15.5 Å². The first-order valence-electron chi connectivity index (χ1n) is 7.66. The topological polar surface area (TPSA) is 73.1 Å². The van der Waals surface area contributed by atoms with Gasteiger partial charge in [0, 0.05) is 5.75 Å². The Hall–Kier alpha value is -2.45. The molecule has 3 rings (SSSR count). The average molecular weight is 360 g/mol. The van der Waals surface area contributed by atoms with Gasteiger partial charge in [0.1, 0.15) is 18.2 Å². The summed E-state index contributed by atoms with van der Waals surface area (Å²) in [4.78, 5) is 0. The van der Waals surface area contributed by atoms with Crippen LogP contribution in [0.4, 0.5) is 4.39 Å². The lowest BCUT2D eigenvalue weighted by atomic mass is 10.2. The summed E-state index contributed by atoms with van der Waals surface area (Å²) in [7, 11) is 0. The predicted molar refractivity (Wildman–Crippen MR) is 92.5 cm³/mol. The molecule has 0 aliphatic carbocycles. The molecule has 3 aromatic rings. The molecule has 0 aliphatic heterocycles. The molecule has 25 heavy (non-hydrogen) atoms. The number of benzene rings is 2. The third-order valence-corrected chi connectivity index (χ3v) is 4.44. The molecule has 0 amide bonds. The van der Waals surface area contributed by atoms with Crippen LogP contribution in [0.2, 0.25) is 0 Å². The minimum atomic E-state index is -0.710. The number of hydrogen-bond donors (Lipinski definition) is 1. The number of aliphatic hydroxyl groups excluding tert-OH is 1. The van der Waals surface area contributed by atoms with Gasteiger partial charge in [-0.15, -0.1) is 5.10 Å². The molecule has 0 saturated carbocycles. The highest BCUT2D eigenvalue weighted by Gasteiger charge is 2.13. The van der Waals surface area contributed by atoms with E-state index in [9.17, 15) is 9.50 Å². The van der Waals surface area contributed by atoms with Crippen molar-refractivity contribution in [3.05, 3.63) is 59.9 Å². The van der Waals surface area contributed by atoms with Crippen LogP contribution in [0.25, 0.3) is 5.69 Å². The van der Waals surface area contributed by atoms with Crippen molar-refractivity contribution in [3.63, 3.8) is 0 Å². The summed E-state index contributed by atoms with van der Waals surface area (Å²) < 4.78 is 19.9. The molecule has 1 N–H and O–H groups in total. The van der Waals surface area contributed by atoms with E-state index in [1.165, 1.54) is 36.0 Å². The van der Waals surface area contributed by atoms with E-state index in [0.717, 1.165) is 11.3 Å². The minimum absolute atomic E-state index is 0.102. The molecule has 0 fully saturated rings. The van der Waals surface area contributed by atoms with Gasteiger partial charge in [-0.05, 0) is 53.7 Å². The first-order valence-corrected chi connectivity index (χ1v) is 8.65. The smallest absolute Gasteiger partial charge is 0.214 e. The lowest BCUT2D eigenvalue weighted by Crippen LogP contribution is -2.20. The maximum Gasteiger partial charge on any atom is 0.214 e. The van der Waals surface area contributed by atoms with E-state index >= 15 is 0 Å². The maximum atomic E-state index is 12.8. The number of hydrogen-bond acceptors (Lipinski definition) is 6. The molecule has 1 unspecified atom stereocenters. The van der Waals surface area contributed by atoms with Gasteiger partial charge in [-0.1, -0.05) is 29.5 Å². The zero-order chi connectivity index (χ0) is 17.6. The van der Waals surface area contributed by atoms with Crippen LogP contribution in [0.1, 0.15) is 5.56 Å². The first-order chi connectivity index (χ1) is 12.1. The largest absolute Gasteiger partial charge is 0.491 e. The van der Waals surface area contributed by atoms with Gasteiger partial charge in [-0.2, -0.15) is 4.68 Å². The van der Waals surface area contributed by atoms with Gasteiger partial charge in [-0.3, -0.25) is 0 Å². The molecule has 1 heterocycles. The van der Waals surface area contributed by atoms with Crippen LogP contribution in [0.3, 0.4) is 0 Å². The standard InChI is InChI=1S/C17H17FN4O2S/c1-12-2-6-14(7-3-12)22-17(19-20-21-22)25-11-15(23)10-24-16-8-4-13(18)5-9-16/h2-9,15,23H,10-11H2,1H3. The molecule has 0 saturated heterocycles. The predicted octanol–water partition coefficient (Wildman–Crippen LogP) is 2.64. The van der Waals surface area contributed by atoms with Crippen molar-refractivity contribution >= 4 is 11.8 Å². The molecule has 0 radical (unpaired) electrons.